The average Bonchev–Trinajstić information content (AvgIpc) is 3.12. The number of morpholine rings is 1. The van der Waals surface area contributed by atoms with Gasteiger partial charge in [0, 0.05) is 49.8 Å². The van der Waals surface area contributed by atoms with Crippen LogP contribution in [0.5, 0.6) is 0 Å². The van der Waals surface area contributed by atoms with Crippen molar-refractivity contribution in [1.82, 2.24) is 20.5 Å². The van der Waals surface area contributed by atoms with Gasteiger partial charge < -0.3 is 20.4 Å². The summed E-state index contributed by atoms with van der Waals surface area (Å²) in [5.74, 6) is 0.920. The zero-order valence-electron chi connectivity index (χ0n) is 16.5. The van der Waals surface area contributed by atoms with Crippen molar-refractivity contribution in [2.24, 2.45) is 4.99 Å². The first-order valence-corrected chi connectivity index (χ1v) is 10.2. The summed E-state index contributed by atoms with van der Waals surface area (Å²) in [5, 5.41) is 8.12. The molecule has 148 valence electrons. The third kappa shape index (κ3) is 6.26. The Morgan fingerprint density at radius 3 is 2.89 bits per heavy atom. The molecule has 3 N–H and O–H groups in total. The van der Waals surface area contributed by atoms with E-state index in [-0.39, 0.29) is 0 Å². The smallest absolute Gasteiger partial charge is 0.191 e. The van der Waals surface area contributed by atoms with Crippen LogP contribution in [0.25, 0.3) is 10.9 Å². The maximum Gasteiger partial charge on any atom is 0.191 e. The summed E-state index contributed by atoms with van der Waals surface area (Å²) in [6.07, 6.45) is 5.40. The van der Waals surface area contributed by atoms with E-state index in [1.807, 2.05) is 0 Å². The van der Waals surface area contributed by atoms with E-state index in [0.29, 0.717) is 0 Å². The molecule has 0 bridgehead atoms. The van der Waals surface area contributed by atoms with Crippen molar-refractivity contribution in [3.63, 3.8) is 0 Å². The second kappa shape index (κ2) is 10.9. The van der Waals surface area contributed by atoms with E-state index in [9.17, 15) is 0 Å². The van der Waals surface area contributed by atoms with Gasteiger partial charge in [-0.05, 0) is 44.4 Å². The number of benzene rings is 1. The lowest BCUT2D eigenvalue weighted by molar-refractivity contribution is 0.0373. The Labute approximate surface area is 162 Å². The Morgan fingerprint density at radius 2 is 2.04 bits per heavy atom. The van der Waals surface area contributed by atoms with Gasteiger partial charge in [-0.15, -0.1) is 0 Å². The van der Waals surface area contributed by atoms with E-state index in [2.05, 4.69) is 57.9 Å². The minimum atomic E-state index is 0.868. The lowest BCUT2D eigenvalue weighted by atomic mass is 10.1. The molecule has 0 unspecified atom stereocenters. The number of rotatable bonds is 9. The molecule has 1 aromatic carbocycles. The maximum absolute atomic E-state index is 5.39. The number of guanidine groups is 1. The molecular weight excluding hydrogens is 338 g/mol. The summed E-state index contributed by atoms with van der Waals surface area (Å²) in [6.45, 7) is 9.79. The second-order valence-corrected chi connectivity index (χ2v) is 6.96. The van der Waals surface area contributed by atoms with E-state index in [1.54, 1.807) is 0 Å². The topological polar surface area (TPSA) is 64.7 Å². The summed E-state index contributed by atoms with van der Waals surface area (Å²) < 4.78 is 5.39. The highest BCUT2D eigenvalue weighted by molar-refractivity contribution is 5.83. The first kappa shape index (κ1) is 19.7. The zero-order valence-corrected chi connectivity index (χ0v) is 16.5. The van der Waals surface area contributed by atoms with Gasteiger partial charge in [0.25, 0.3) is 0 Å². The molecule has 1 fully saturated rings. The van der Waals surface area contributed by atoms with Crippen LogP contribution in [0.2, 0.25) is 0 Å². The molecule has 2 aromatic rings. The number of hydrogen-bond donors (Lipinski definition) is 3. The van der Waals surface area contributed by atoms with Gasteiger partial charge in [0.05, 0.1) is 13.2 Å². The van der Waals surface area contributed by atoms with E-state index >= 15 is 0 Å². The van der Waals surface area contributed by atoms with Crippen LogP contribution in [0.15, 0.2) is 35.5 Å². The fraction of sp³-hybridized carbons (Fsp3) is 0.571. The molecule has 1 aliphatic heterocycles. The Balaban J connectivity index is 1.38. The molecule has 0 amide bonds. The number of hydrogen-bond acceptors (Lipinski definition) is 3. The van der Waals surface area contributed by atoms with Gasteiger partial charge in [-0.25, -0.2) is 0 Å². The van der Waals surface area contributed by atoms with Crippen LogP contribution in [0.1, 0.15) is 25.3 Å². The third-order valence-electron chi connectivity index (χ3n) is 4.96. The minimum Gasteiger partial charge on any atom is -0.379 e. The Kier molecular flexibility index (Phi) is 7.99. The Morgan fingerprint density at radius 1 is 1.19 bits per heavy atom. The SMILES string of the molecule is CCNC(=NCCCCN1CCOCC1)NCCc1c[nH]c2ccccc12. The highest BCUT2D eigenvalue weighted by Crippen LogP contribution is 2.17. The first-order valence-electron chi connectivity index (χ1n) is 10.2. The summed E-state index contributed by atoms with van der Waals surface area (Å²) in [5.41, 5.74) is 2.55. The molecule has 0 spiro atoms. The quantitative estimate of drug-likeness (QED) is 0.360. The van der Waals surface area contributed by atoms with Crippen molar-refractivity contribution in [2.45, 2.75) is 26.2 Å². The van der Waals surface area contributed by atoms with Gasteiger partial charge in [-0.3, -0.25) is 9.89 Å². The molecule has 6 nitrogen and oxygen atoms in total. The Bertz CT molecular complexity index is 705. The number of para-hydroxylation sites is 1. The number of nitrogens with zero attached hydrogens (tertiary/aromatic N) is 2. The molecule has 6 heteroatoms. The highest BCUT2D eigenvalue weighted by atomic mass is 16.5. The molecule has 1 saturated heterocycles. The van der Waals surface area contributed by atoms with Crippen molar-refractivity contribution in [2.75, 3.05) is 52.5 Å². The molecule has 0 aliphatic carbocycles. The normalized spacial score (nSPS) is 16.0. The molecule has 0 radical (unpaired) electrons. The first-order chi connectivity index (χ1) is 13.4. The summed E-state index contributed by atoms with van der Waals surface area (Å²) in [6, 6.07) is 8.45. The Hall–Kier alpha value is -2.05. The van der Waals surface area contributed by atoms with Crippen LogP contribution in [-0.4, -0.2) is 68.3 Å². The molecule has 27 heavy (non-hydrogen) atoms. The van der Waals surface area contributed by atoms with Crippen LogP contribution >= 0.6 is 0 Å². The van der Waals surface area contributed by atoms with Crippen LogP contribution in [-0.2, 0) is 11.2 Å². The molecule has 1 aliphatic rings. The molecule has 2 heterocycles. The van der Waals surface area contributed by atoms with Crippen LogP contribution in [0.4, 0.5) is 0 Å². The number of fused-ring (bicyclic) bond motifs is 1. The number of H-pyrrole nitrogens is 1. The number of aromatic nitrogens is 1. The van der Waals surface area contributed by atoms with E-state index < -0.39 is 0 Å². The molecule has 3 rings (SSSR count). The zero-order chi connectivity index (χ0) is 18.7. The lowest BCUT2D eigenvalue weighted by Gasteiger charge is -2.26. The van der Waals surface area contributed by atoms with Crippen molar-refractivity contribution in [1.29, 1.82) is 0 Å². The standard InChI is InChI=1S/C21H33N5O/c1-2-22-21(23-10-5-6-12-26-13-15-27-16-14-26)24-11-9-18-17-25-20-8-4-3-7-19(18)20/h3-4,7-8,17,25H,2,5-6,9-16H2,1H3,(H2,22,23,24). The monoisotopic (exact) mass is 371 g/mol. The molecule has 0 atom stereocenters. The number of aromatic amines is 1. The number of nitrogens with one attached hydrogen (secondary N) is 3. The van der Waals surface area contributed by atoms with Crippen molar-refractivity contribution in [3.8, 4) is 0 Å². The summed E-state index contributed by atoms with van der Waals surface area (Å²) >= 11 is 0. The highest BCUT2D eigenvalue weighted by Gasteiger charge is 2.09. The number of ether oxygens (including phenoxy) is 1. The van der Waals surface area contributed by atoms with Gasteiger partial charge >= 0.3 is 0 Å². The minimum absolute atomic E-state index is 0.868. The number of unbranched alkanes of at least 4 members (excludes halogenated alkanes) is 1. The number of aliphatic imine (C=N–C) groups is 1. The van der Waals surface area contributed by atoms with Crippen molar-refractivity contribution in [3.05, 3.63) is 36.0 Å². The molecule has 0 saturated carbocycles. The van der Waals surface area contributed by atoms with E-state index in [1.165, 1.54) is 22.9 Å². The van der Waals surface area contributed by atoms with Gasteiger partial charge in [0.15, 0.2) is 5.96 Å². The predicted octanol–water partition coefficient (Wildman–Crippen LogP) is 2.38. The van der Waals surface area contributed by atoms with Crippen LogP contribution in [0, 0.1) is 0 Å². The fourth-order valence-corrected chi connectivity index (χ4v) is 3.46. The van der Waals surface area contributed by atoms with Crippen molar-refractivity contribution >= 4 is 16.9 Å². The van der Waals surface area contributed by atoms with Crippen LogP contribution in [0.3, 0.4) is 0 Å². The second-order valence-electron chi connectivity index (χ2n) is 6.96. The van der Waals surface area contributed by atoms with Crippen LogP contribution < -0.4 is 10.6 Å². The summed E-state index contributed by atoms with van der Waals surface area (Å²) in [7, 11) is 0. The predicted molar refractivity (Wildman–Crippen MR) is 112 cm³/mol. The van der Waals surface area contributed by atoms with Gasteiger partial charge in [-0.2, -0.15) is 0 Å². The van der Waals surface area contributed by atoms with Gasteiger partial charge in [-0.1, -0.05) is 18.2 Å². The largest absolute Gasteiger partial charge is 0.379 e. The molecule has 1 aromatic heterocycles. The third-order valence-corrected chi connectivity index (χ3v) is 4.96. The fourth-order valence-electron chi connectivity index (χ4n) is 3.46. The average molecular weight is 372 g/mol. The van der Waals surface area contributed by atoms with E-state index in [4.69, 9.17) is 9.73 Å². The summed E-state index contributed by atoms with van der Waals surface area (Å²) in [4.78, 5) is 10.5. The lowest BCUT2D eigenvalue weighted by Crippen LogP contribution is -2.38. The van der Waals surface area contributed by atoms with Gasteiger partial charge in [0.1, 0.15) is 0 Å². The maximum atomic E-state index is 5.39. The molecular formula is C21H33N5O. The van der Waals surface area contributed by atoms with E-state index in [0.717, 1.165) is 71.3 Å². The van der Waals surface area contributed by atoms with Crippen molar-refractivity contribution < 1.29 is 4.74 Å². The van der Waals surface area contributed by atoms with Gasteiger partial charge in [0.2, 0.25) is 0 Å².